The molecule has 148 valence electrons. The van der Waals surface area contributed by atoms with Gasteiger partial charge in [-0.1, -0.05) is 0 Å². The Labute approximate surface area is 169 Å². The van der Waals surface area contributed by atoms with Crippen molar-refractivity contribution in [3.05, 3.63) is 0 Å². The molecule has 2 heterocycles. The fraction of sp³-hybridized carbons (Fsp3) is 0.938. The summed E-state index contributed by atoms with van der Waals surface area (Å²) >= 11 is 0. The second-order valence-electron chi connectivity index (χ2n) is 6.86. The van der Waals surface area contributed by atoms with Crippen LogP contribution in [0.3, 0.4) is 0 Å². The molecular formula is C16H34IN5O2S. The van der Waals surface area contributed by atoms with Crippen molar-refractivity contribution in [1.29, 1.82) is 0 Å². The van der Waals surface area contributed by atoms with Gasteiger partial charge < -0.3 is 20.4 Å². The zero-order chi connectivity index (χ0) is 17.4. The van der Waals surface area contributed by atoms with Gasteiger partial charge in [0.15, 0.2) is 15.8 Å². The molecule has 2 aliphatic heterocycles. The van der Waals surface area contributed by atoms with Gasteiger partial charge in [-0.2, -0.15) is 0 Å². The number of nitrogens with zero attached hydrogens (tertiary/aromatic N) is 3. The van der Waals surface area contributed by atoms with Crippen molar-refractivity contribution in [3.63, 3.8) is 0 Å². The van der Waals surface area contributed by atoms with Crippen molar-refractivity contribution in [2.75, 3.05) is 64.4 Å². The van der Waals surface area contributed by atoms with Gasteiger partial charge in [0.1, 0.15) is 0 Å². The third-order valence-electron chi connectivity index (χ3n) is 4.63. The van der Waals surface area contributed by atoms with E-state index in [-0.39, 0.29) is 41.5 Å². The monoisotopic (exact) mass is 487 g/mol. The van der Waals surface area contributed by atoms with E-state index in [1.54, 1.807) is 0 Å². The van der Waals surface area contributed by atoms with E-state index >= 15 is 0 Å². The summed E-state index contributed by atoms with van der Waals surface area (Å²) in [5.41, 5.74) is 0. The summed E-state index contributed by atoms with van der Waals surface area (Å²) in [7, 11) is -0.674. The number of rotatable bonds is 6. The minimum Gasteiger partial charge on any atom is -0.357 e. The van der Waals surface area contributed by atoms with E-state index in [1.807, 2.05) is 6.92 Å². The summed E-state index contributed by atoms with van der Waals surface area (Å²) in [4.78, 5) is 9.52. The summed E-state index contributed by atoms with van der Waals surface area (Å²) in [5.74, 6) is 1.25. The van der Waals surface area contributed by atoms with E-state index in [0.29, 0.717) is 6.42 Å². The number of halogens is 1. The molecule has 0 aliphatic carbocycles. The Balaban J connectivity index is 0.00000312. The van der Waals surface area contributed by atoms with Gasteiger partial charge in [0.05, 0.1) is 11.5 Å². The third kappa shape index (κ3) is 8.87. The predicted octanol–water partition coefficient (Wildman–Crippen LogP) is 0.374. The molecule has 2 N–H and O–H groups in total. The second-order valence-corrected chi connectivity index (χ2v) is 9.09. The Morgan fingerprint density at radius 1 is 1.24 bits per heavy atom. The Bertz CT molecular complexity index is 515. The standard InChI is InChI=1S/C16H33N5O2S.HI/c1-3-17-16(19-15-6-13-24(22,23)14-15)18-7-4-9-21-10-5-8-20(2)11-12-21;/h15H,3-14H2,1-2H3,(H2,17,18,19);1H. The van der Waals surface area contributed by atoms with E-state index in [1.165, 1.54) is 19.5 Å². The maximum absolute atomic E-state index is 11.6. The zero-order valence-corrected chi connectivity index (χ0v) is 18.7. The molecule has 9 heteroatoms. The molecule has 2 aliphatic rings. The lowest BCUT2D eigenvalue weighted by Gasteiger charge is -2.20. The van der Waals surface area contributed by atoms with E-state index in [9.17, 15) is 8.42 Å². The van der Waals surface area contributed by atoms with Crippen molar-refractivity contribution in [1.82, 2.24) is 20.4 Å². The first kappa shape index (κ1) is 22.9. The zero-order valence-electron chi connectivity index (χ0n) is 15.5. The second kappa shape index (κ2) is 11.6. The molecular weight excluding hydrogens is 453 g/mol. The molecule has 0 radical (unpaired) electrons. The van der Waals surface area contributed by atoms with Crippen LogP contribution >= 0.6 is 24.0 Å². The van der Waals surface area contributed by atoms with Gasteiger partial charge in [0.25, 0.3) is 0 Å². The van der Waals surface area contributed by atoms with Crippen LogP contribution in [0.2, 0.25) is 0 Å². The topological polar surface area (TPSA) is 77.0 Å². The Kier molecular flexibility index (Phi) is 10.6. The van der Waals surface area contributed by atoms with E-state index in [2.05, 4.69) is 32.5 Å². The minimum atomic E-state index is -2.86. The van der Waals surface area contributed by atoms with E-state index < -0.39 is 9.84 Å². The fourth-order valence-electron chi connectivity index (χ4n) is 3.23. The maximum atomic E-state index is 11.6. The Morgan fingerprint density at radius 3 is 2.72 bits per heavy atom. The Hall–Kier alpha value is -0.130. The quantitative estimate of drug-likeness (QED) is 0.244. The summed E-state index contributed by atoms with van der Waals surface area (Å²) in [6, 6.07) is -0.00561. The average Bonchev–Trinajstić information content (AvgIpc) is 2.73. The van der Waals surface area contributed by atoms with Gasteiger partial charge in [0.2, 0.25) is 0 Å². The van der Waals surface area contributed by atoms with Gasteiger partial charge in [-0.05, 0) is 52.9 Å². The van der Waals surface area contributed by atoms with Crippen LogP contribution in [0.5, 0.6) is 0 Å². The van der Waals surface area contributed by atoms with Crippen molar-refractivity contribution in [2.24, 2.45) is 4.99 Å². The molecule has 0 saturated carbocycles. The summed E-state index contributed by atoms with van der Waals surface area (Å²) < 4.78 is 23.1. The first-order chi connectivity index (χ1) is 11.5. The molecule has 25 heavy (non-hydrogen) atoms. The highest BCUT2D eigenvalue weighted by Crippen LogP contribution is 2.11. The van der Waals surface area contributed by atoms with Gasteiger partial charge in [0, 0.05) is 32.2 Å². The molecule has 1 atom stereocenters. The van der Waals surface area contributed by atoms with Crippen LogP contribution in [0, 0.1) is 0 Å². The Morgan fingerprint density at radius 2 is 2.04 bits per heavy atom. The van der Waals surface area contributed by atoms with Crippen LogP contribution in [-0.2, 0) is 9.84 Å². The van der Waals surface area contributed by atoms with E-state index in [0.717, 1.165) is 45.1 Å². The van der Waals surface area contributed by atoms with Crippen LogP contribution in [0.1, 0.15) is 26.2 Å². The summed E-state index contributed by atoms with van der Waals surface area (Å²) in [5, 5.41) is 6.48. The van der Waals surface area contributed by atoms with Crippen LogP contribution in [0.15, 0.2) is 4.99 Å². The SMILES string of the molecule is CCNC(=NCCCN1CCCN(C)CC1)NC1CCS(=O)(=O)C1.I. The lowest BCUT2D eigenvalue weighted by molar-refractivity contribution is 0.275. The number of aliphatic imine (C=N–C) groups is 1. The molecule has 0 bridgehead atoms. The van der Waals surface area contributed by atoms with Gasteiger partial charge in [-0.15, -0.1) is 24.0 Å². The van der Waals surface area contributed by atoms with Crippen LogP contribution in [0.25, 0.3) is 0 Å². The van der Waals surface area contributed by atoms with Crippen LogP contribution in [-0.4, -0.2) is 94.6 Å². The number of likely N-dealkylation sites (N-methyl/N-ethyl adjacent to an activating group) is 1. The number of hydrogen-bond acceptors (Lipinski definition) is 5. The molecule has 0 aromatic carbocycles. The van der Waals surface area contributed by atoms with Crippen molar-refractivity contribution in [2.45, 2.75) is 32.2 Å². The smallest absolute Gasteiger partial charge is 0.191 e. The number of nitrogens with one attached hydrogen (secondary N) is 2. The van der Waals surface area contributed by atoms with Crippen LogP contribution in [0.4, 0.5) is 0 Å². The highest BCUT2D eigenvalue weighted by Gasteiger charge is 2.28. The normalized spacial score (nSPS) is 25.2. The molecule has 0 amide bonds. The van der Waals surface area contributed by atoms with Crippen molar-refractivity contribution < 1.29 is 8.42 Å². The molecule has 0 spiro atoms. The number of sulfone groups is 1. The first-order valence-corrected chi connectivity index (χ1v) is 11.0. The average molecular weight is 487 g/mol. The highest BCUT2D eigenvalue weighted by molar-refractivity contribution is 14.0. The molecule has 2 fully saturated rings. The number of guanidine groups is 1. The lowest BCUT2D eigenvalue weighted by atomic mass is 10.3. The molecule has 0 aromatic heterocycles. The molecule has 1 unspecified atom stereocenters. The van der Waals surface area contributed by atoms with Crippen LogP contribution < -0.4 is 10.6 Å². The lowest BCUT2D eigenvalue weighted by Crippen LogP contribution is -2.44. The van der Waals surface area contributed by atoms with Gasteiger partial charge in [-0.3, -0.25) is 4.99 Å². The van der Waals surface area contributed by atoms with E-state index in [4.69, 9.17) is 0 Å². The molecule has 2 saturated heterocycles. The highest BCUT2D eigenvalue weighted by atomic mass is 127. The maximum Gasteiger partial charge on any atom is 0.191 e. The van der Waals surface area contributed by atoms with Crippen molar-refractivity contribution in [3.8, 4) is 0 Å². The molecule has 0 aromatic rings. The summed E-state index contributed by atoms with van der Waals surface area (Å²) in [6.07, 6.45) is 2.94. The third-order valence-corrected chi connectivity index (χ3v) is 6.40. The van der Waals surface area contributed by atoms with Crippen molar-refractivity contribution >= 4 is 39.8 Å². The van der Waals surface area contributed by atoms with Gasteiger partial charge in [-0.25, -0.2) is 8.42 Å². The predicted molar refractivity (Wildman–Crippen MR) is 115 cm³/mol. The minimum absolute atomic E-state index is 0. The largest absolute Gasteiger partial charge is 0.357 e. The molecule has 7 nitrogen and oxygen atoms in total. The first-order valence-electron chi connectivity index (χ1n) is 9.14. The number of hydrogen-bond donors (Lipinski definition) is 2. The summed E-state index contributed by atoms with van der Waals surface area (Å²) in [6.45, 7) is 9.29. The molecule has 2 rings (SSSR count). The fourth-order valence-corrected chi connectivity index (χ4v) is 4.90. The van der Waals surface area contributed by atoms with Gasteiger partial charge >= 0.3 is 0 Å².